The Labute approximate surface area is 176 Å². The molecule has 1 aromatic rings. The number of rotatable bonds is 5. The van der Waals surface area contributed by atoms with Gasteiger partial charge >= 0.3 is 6.09 Å². The lowest BCUT2D eigenvalue weighted by molar-refractivity contribution is -0.148. The lowest BCUT2D eigenvalue weighted by atomic mass is 9.77. The fraction of sp³-hybridized carbons (Fsp3) is 0.409. The standard InChI is InChI=1S/C22H27ClN2O4/c1-6-12-22(13-16(2)23)14-24(20(28)29-21(3,4)5)15-25(19(22)27)18(26)17-10-8-7-9-11-17/h6-11H,1-2,12-15H2,3-5H3/t22-/m0/s1. The minimum absolute atomic E-state index is 0.0527. The van der Waals surface area contributed by atoms with E-state index in [4.69, 9.17) is 16.3 Å². The number of amides is 3. The van der Waals surface area contributed by atoms with Gasteiger partial charge in [-0.05, 0) is 45.7 Å². The molecule has 0 N–H and O–H groups in total. The molecule has 3 amide bonds. The summed E-state index contributed by atoms with van der Waals surface area (Å²) in [6, 6.07) is 8.45. The van der Waals surface area contributed by atoms with Gasteiger partial charge in [-0.3, -0.25) is 19.4 Å². The Kier molecular flexibility index (Phi) is 6.90. The summed E-state index contributed by atoms with van der Waals surface area (Å²) in [4.78, 5) is 41.7. The molecule has 0 aliphatic carbocycles. The molecule has 7 heteroatoms. The number of ether oxygens (including phenoxy) is 1. The summed E-state index contributed by atoms with van der Waals surface area (Å²) in [5, 5.41) is 0.262. The molecule has 0 aromatic heterocycles. The second kappa shape index (κ2) is 8.82. The Morgan fingerprint density at radius 1 is 1.28 bits per heavy atom. The summed E-state index contributed by atoms with van der Waals surface area (Å²) in [6.07, 6.45) is 1.32. The molecule has 1 heterocycles. The number of carbonyl (C=O) groups is 3. The summed E-state index contributed by atoms with van der Waals surface area (Å²) in [5.74, 6) is -0.898. The quantitative estimate of drug-likeness (QED) is 0.519. The summed E-state index contributed by atoms with van der Waals surface area (Å²) in [6.45, 7) is 12.6. The third-order valence-corrected chi connectivity index (χ3v) is 4.62. The summed E-state index contributed by atoms with van der Waals surface area (Å²) < 4.78 is 5.48. The molecule has 2 rings (SSSR count). The van der Waals surface area contributed by atoms with Crippen molar-refractivity contribution in [2.24, 2.45) is 5.41 Å². The highest BCUT2D eigenvalue weighted by atomic mass is 35.5. The maximum Gasteiger partial charge on any atom is 0.411 e. The Morgan fingerprint density at radius 2 is 1.90 bits per heavy atom. The molecule has 0 spiro atoms. The molecule has 0 bridgehead atoms. The van der Waals surface area contributed by atoms with Crippen LogP contribution in [0.25, 0.3) is 0 Å². The molecule has 0 unspecified atom stereocenters. The zero-order valence-corrected chi connectivity index (χ0v) is 17.9. The smallest absolute Gasteiger partial charge is 0.411 e. The monoisotopic (exact) mass is 418 g/mol. The molecule has 1 fully saturated rings. The van der Waals surface area contributed by atoms with Crippen LogP contribution in [-0.2, 0) is 9.53 Å². The fourth-order valence-electron chi connectivity index (χ4n) is 3.34. The third-order valence-electron chi connectivity index (χ3n) is 4.49. The van der Waals surface area contributed by atoms with Crippen molar-refractivity contribution in [3.05, 3.63) is 60.2 Å². The Balaban J connectivity index is 2.47. The maximum absolute atomic E-state index is 13.4. The first kappa shape index (κ1) is 22.7. The van der Waals surface area contributed by atoms with Crippen LogP contribution in [-0.4, -0.2) is 46.5 Å². The van der Waals surface area contributed by atoms with Crippen LogP contribution in [0.3, 0.4) is 0 Å². The average molecular weight is 419 g/mol. The van der Waals surface area contributed by atoms with Crippen LogP contribution in [0, 0.1) is 5.41 Å². The number of allylic oxidation sites excluding steroid dienone is 2. The van der Waals surface area contributed by atoms with Crippen LogP contribution in [0.15, 0.2) is 54.6 Å². The van der Waals surface area contributed by atoms with Gasteiger partial charge < -0.3 is 4.74 Å². The average Bonchev–Trinajstić information content (AvgIpc) is 2.62. The van der Waals surface area contributed by atoms with E-state index < -0.39 is 28.9 Å². The van der Waals surface area contributed by atoms with E-state index in [2.05, 4.69) is 13.2 Å². The first-order chi connectivity index (χ1) is 13.5. The predicted octanol–water partition coefficient (Wildman–Crippen LogP) is 4.57. The summed E-state index contributed by atoms with van der Waals surface area (Å²) in [7, 11) is 0. The highest BCUT2D eigenvalue weighted by Gasteiger charge is 2.49. The van der Waals surface area contributed by atoms with E-state index in [1.165, 1.54) is 4.90 Å². The van der Waals surface area contributed by atoms with Crippen LogP contribution in [0.1, 0.15) is 44.0 Å². The van der Waals surface area contributed by atoms with E-state index in [0.717, 1.165) is 4.90 Å². The van der Waals surface area contributed by atoms with Gasteiger partial charge in [0.25, 0.3) is 5.91 Å². The van der Waals surface area contributed by atoms with E-state index in [1.54, 1.807) is 57.2 Å². The SMILES string of the molecule is C=CC[C@]1(CC(=C)Cl)CN(C(=O)OC(C)(C)C)CN(C(=O)c2ccccc2)C1=O. The second-order valence-corrected chi connectivity index (χ2v) is 8.73. The van der Waals surface area contributed by atoms with Gasteiger partial charge in [0.15, 0.2) is 0 Å². The van der Waals surface area contributed by atoms with Crippen LogP contribution in [0.2, 0.25) is 0 Å². The summed E-state index contributed by atoms with van der Waals surface area (Å²) in [5.41, 5.74) is -1.51. The number of nitrogens with zero attached hydrogens (tertiary/aromatic N) is 2. The molecular formula is C22H27ClN2O4. The lowest BCUT2D eigenvalue weighted by Gasteiger charge is -2.45. The normalized spacial score (nSPS) is 19.7. The first-order valence-electron chi connectivity index (χ1n) is 9.32. The molecule has 1 atom stereocenters. The molecule has 1 aliphatic rings. The van der Waals surface area contributed by atoms with Crippen molar-refractivity contribution in [3.63, 3.8) is 0 Å². The number of imide groups is 1. The molecule has 0 saturated carbocycles. The van der Waals surface area contributed by atoms with E-state index >= 15 is 0 Å². The predicted molar refractivity (Wildman–Crippen MR) is 112 cm³/mol. The highest BCUT2D eigenvalue weighted by Crippen LogP contribution is 2.38. The number of carbonyl (C=O) groups excluding carboxylic acids is 3. The Hall–Kier alpha value is -2.60. The van der Waals surface area contributed by atoms with Gasteiger partial charge in [-0.2, -0.15) is 0 Å². The topological polar surface area (TPSA) is 66.9 Å². The molecule has 1 saturated heterocycles. The Morgan fingerprint density at radius 3 is 2.41 bits per heavy atom. The lowest BCUT2D eigenvalue weighted by Crippen LogP contribution is -2.62. The zero-order valence-electron chi connectivity index (χ0n) is 17.1. The number of benzene rings is 1. The largest absolute Gasteiger partial charge is 0.444 e. The number of halogens is 1. The zero-order chi connectivity index (χ0) is 21.8. The molecule has 156 valence electrons. The van der Waals surface area contributed by atoms with Crippen molar-refractivity contribution in [3.8, 4) is 0 Å². The Bertz CT molecular complexity index is 816. The highest BCUT2D eigenvalue weighted by molar-refractivity contribution is 6.29. The van der Waals surface area contributed by atoms with Crippen molar-refractivity contribution in [1.29, 1.82) is 0 Å². The van der Waals surface area contributed by atoms with Crippen molar-refractivity contribution < 1.29 is 19.1 Å². The minimum Gasteiger partial charge on any atom is -0.444 e. The summed E-state index contributed by atoms with van der Waals surface area (Å²) >= 11 is 6.06. The fourth-order valence-corrected chi connectivity index (χ4v) is 3.60. The van der Waals surface area contributed by atoms with Crippen LogP contribution in [0.4, 0.5) is 4.79 Å². The first-order valence-corrected chi connectivity index (χ1v) is 9.70. The third kappa shape index (κ3) is 5.48. The van der Waals surface area contributed by atoms with E-state index in [1.807, 2.05) is 0 Å². The van der Waals surface area contributed by atoms with E-state index in [-0.39, 0.29) is 31.1 Å². The number of hydrogen-bond acceptors (Lipinski definition) is 4. The van der Waals surface area contributed by atoms with E-state index in [0.29, 0.717) is 5.56 Å². The molecule has 0 radical (unpaired) electrons. The van der Waals surface area contributed by atoms with Crippen molar-refractivity contribution in [2.45, 2.75) is 39.2 Å². The number of hydrogen-bond donors (Lipinski definition) is 0. The van der Waals surface area contributed by atoms with Crippen LogP contribution in [0.5, 0.6) is 0 Å². The van der Waals surface area contributed by atoms with Gasteiger partial charge in [0, 0.05) is 17.1 Å². The maximum atomic E-state index is 13.4. The van der Waals surface area contributed by atoms with Crippen molar-refractivity contribution in [2.75, 3.05) is 13.2 Å². The van der Waals surface area contributed by atoms with Gasteiger partial charge in [0.2, 0.25) is 5.91 Å². The van der Waals surface area contributed by atoms with Gasteiger partial charge in [0.05, 0.1) is 5.41 Å². The molecule has 1 aromatic carbocycles. The minimum atomic E-state index is -1.14. The van der Waals surface area contributed by atoms with Gasteiger partial charge in [-0.1, -0.05) is 42.5 Å². The van der Waals surface area contributed by atoms with Crippen molar-refractivity contribution >= 4 is 29.5 Å². The van der Waals surface area contributed by atoms with Crippen molar-refractivity contribution in [1.82, 2.24) is 9.80 Å². The van der Waals surface area contributed by atoms with Gasteiger partial charge in [-0.15, -0.1) is 6.58 Å². The second-order valence-electron chi connectivity index (χ2n) is 8.19. The molecule has 1 aliphatic heterocycles. The van der Waals surface area contributed by atoms with Gasteiger partial charge in [0.1, 0.15) is 12.3 Å². The molecular weight excluding hydrogens is 392 g/mol. The van der Waals surface area contributed by atoms with Crippen LogP contribution >= 0.6 is 11.6 Å². The molecule has 6 nitrogen and oxygen atoms in total. The van der Waals surface area contributed by atoms with Crippen LogP contribution < -0.4 is 0 Å². The van der Waals surface area contributed by atoms with E-state index in [9.17, 15) is 14.4 Å². The van der Waals surface area contributed by atoms with Gasteiger partial charge in [-0.25, -0.2) is 4.79 Å². The molecule has 29 heavy (non-hydrogen) atoms.